The van der Waals surface area contributed by atoms with E-state index in [-0.39, 0.29) is 5.56 Å². The zero-order valence-electron chi connectivity index (χ0n) is 9.04. The van der Waals surface area contributed by atoms with Crippen LogP contribution in [0.4, 0.5) is 4.39 Å². The number of carbonyl (C=O) groups excluding carboxylic acids is 1. The third kappa shape index (κ3) is 3.40. The van der Waals surface area contributed by atoms with E-state index in [1.807, 2.05) is 12.1 Å². The molecule has 0 saturated carbocycles. The lowest BCUT2D eigenvalue weighted by atomic mass is 10.2. The van der Waals surface area contributed by atoms with Gasteiger partial charge < -0.3 is 5.32 Å². The van der Waals surface area contributed by atoms with Crippen molar-refractivity contribution in [2.24, 2.45) is 0 Å². The van der Waals surface area contributed by atoms with E-state index in [1.165, 1.54) is 23.5 Å². The van der Waals surface area contributed by atoms with Gasteiger partial charge in [0, 0.05) is 9.35 Å². The number of thiophene rings is 1. The van der Waals surface area contributed by atoms with E-state index in [4.69, 9.17) is 0 Å². The quantitative estimate of drug-likeness (QED) is 0.826. The molecule has 0 fully saturated rings. The predicted molar refractivity (Wildman–Crippen MR) is 77.3 cm³/mol. The fraction of sp³-hybridized carbons (Fsp3) is 0.0833. The minimum absolute atomic E-state index is 0.0417. The van der Waals surface area contributed by atoms with Crippen molar-refractivity contribution in [3.63, 3.8) is 0 Å². The second-order valence-electron chi connectivity index (χ2n) is 3.51. The summed E-state index contributed by atoms with van der Waals surface area (Å²) >= 11 is 8.09. The number of benzene rings is 1. The van der Waals surface area contributed by atoms with Crippen LogP contribution in [0.15, 0.2) is 38.6 Å². The maximum absolute atomic E-state index is 13.5. The van der Waals surface area contributed by atoms with E-state index in [0.717, 1.165) is 8.66 Å². The van der Waals surface area contributed by atoms with Crippen LogP contribution in [-0.2, 0) is 6.54 Å². The van der Waals surface area contributed by atoms with E-state index < -0.39 is 11.7 Å². The Morgan fingerprint density at radius 2 is 2.06 bits per heavy atom. The predicted octanol–water partition coefficient (Wildman–Crippen LogP) is 4.34. The highest BCUT2D eigenvalue weighted by molar-refractivity contribution is 9.11. The van der Waals surface area contributed by atoms with E-state index in [0.29, 0.717) is 11.0 Å². The number of hydrogen-bond donors (Lipinski definition) is 1. The second kappa shape index (κ2) is 5.95. The Hall–Kier alpha value is -0.720. The van der Waals surface area contributed by atoms with Crippen molar-refractivity contribution in [1.29, 1.82) is 0 Å². The van der Waals surface area contributed by atoms with Crippen molar-refractivity contribution in [3.05, 3.63) is 54.8 Å². The van der Waals surface area contributed by atoms with Gasteiger partial charge in [-0.1, -0.05) is 15.9 Å². The van der Waals surface area contributed by atoms with Crippen molar-refractivity contribution in [3.8, 4) is 0 Å². The summed E-state index contributed by atoms with van der Waals surface area (Å²) in [6, 6.07) is 8.11. The molecule has 1 aromatic heterocycles. The molecule has 2 nitrogen and oxygen atoms in total. The first-order valence-electron chi connectivity index (χ1n) is 5.04. The van der Waals surface area contributed by atoms with Crippen molar-refractivity contribution in [2.75, 3.05) is 0 Å². The van der Waals surface area contributed by atoms with Crippen LogP contribution in [0.5, 0.6) is 0 Å². The lowest BCUT2D eigenvalue weighted by Gasteiger charge is -2.05. The Balaban J connectivity index is 2.05. The highest BCUT2D eigenvalue weighted by Gasteiger charge is 2.12. The van der Waals surface area contributed by atoms with E-state index in [9.17, 15) is 9.18 Å². The molecule has 0 atom stereocenters. The fourth-order valence-corrected chi connectivity index (χ4v) is 3.16. The summed E-state index contributed by atoms with van der Waals surface area (Å²) in [5.41, 5.74) is 0.0417. The van der Waals surface area contributed by atoms with Crippen LogP contribution in [0.3, 0.4) is 0 Å². The minimum Gasteiger partial charge on any atom is -0.347 e. The molecule has 0 aliphatic carbocycles. The van der Waals surface area contributed by atoms with Crippen molar-refractivity contribution in [1.82, 2.24) is 5.32 Å². The van der Waals surface area contributed by atoms with E-state index in [2.05, 4.69) is 37.2 Å². The molecule has 0 aliphatic rings. The van der Waals surface area contributed by atoms with E-state index in [1.54, 1.807) is 6.07 Å². The van der Waals surface area contributed by atoms with Gasteiger partial charge in [-0.15, -0.1) is 11.3 Å². The van der Waals surface area contributed by atoms with Gasteiger partial charge in [0.15, 0.2) is 0 Å². The smallest absolute Gasteiger partial charge is 0.254 e. The van der Waals surface area contributed by atoms with Crippen molar-refractivity contribution >= 4 is 49.1 Å². The Kier molecular flexibility index (Phi) is 4.53. The van der Waals surface area contributed by atoms with Gasteiger partial charge in [-0.2, -0.15) is 0 Å². The maximum Gasteiger partial charge on any atom is 0.254 e. The molecule has 2 aromatic rings. The lowest BCUT2D eigenvalue weighted by molar-refractivity contribution is 0.0947. The summed E-state index contributed by atoms with van der Waals surface area (Å²) < 4.78 is 15.1. The molecular formula is C12H8Br2FNOS. The van der Waals surface area contributed by atoms with Gasteiger partial charge in [-0.25, -0.2) is 4.39 Å². The van der Waals surface area contributed by atoms with Crippen LogP contribution in [0.2, 0.25) is 0 Å². The topological polar surface area (TPSA) is 29.1 Å². The Morgan fingerprint density at radius 3 is 2.72 bits per heavy atom. The van der Waals surface area contributed by atoms with Gasteiger partial charge in [0.1, 0.15) is 5.82 Å². The summed E-state index contributed by atoms with van der Waals surface area (Å²) in [4.78, 5) is 12.8. The molecular weight excluding hydrogens is 385 g/mol. The number of hydrogen-bond acceptors (Lipinski definition) is 2. The summed E-state index contributed by atoms with van der Waals surface area (Å²) in [6.45, 7) is 0.390. The van der Waals surface area contributed by atoms with Crippen molar-refractivity contribution in [2.45, 2.75) is 6.54 Å². The molecule has 1 amide bonds. The minimum atomic E-state index is -0.525. The number of halogens is 3. The number of amides is 1. The van der Waals surface area contributed by atoms with Gasteiger partial charge in [0.25, 0.3) is 5.91 Å². The third-order valence-electron chi connectivity index (χ3n) is 2.23. The van der Waals surface area contributed by atoms with Crippen LogP contribution in [-0.4, -0.2) is 5.91 Å². The highest BCUT2D eigenvalue weighted by atomic mass is 79.9. The zero-order chi connectivity index (χ0) is 13.1. The molecule has 94 valence electrons. The molecule has 0 bridgehead atoms. The van der Waals surface area contributed by atoms with Crippen LogP contribution >= 0.6 is 43.2 Å². The summed E-state index contributed by atoms with van der Waals surface area (Å²) in [5, 5.41) is 2.69. The molecule has 1 heterocycles. The molecule has 0 unspecified atom stereocenters. The van der Waals surface area contributed by atoms with Crippen LogP contribution in [0, 0.1) is 5.82 Å². The van der Waals surface area contributed by atoms with Crippen LogP contribution in [0.25, 0.3) is 0 Å². The molecule has 1 aromatic carbocycles. The number of nitrogens with one attached hydrogen (secondary N) is 1. The van der Waals surface area contributed by atoms with Gasteiger partial charge in [0.05, 0.1) is 15.9 Å². The Morgan fingerprint density at radius 1 is 1.28 bits per heavy atom. The first-order valence-corrected chi connectivity index (χ1v) is 7.44. The largest absolute Gasteiger partial charge is 0.347 e. The first kappa shape index (κ1) is 13.7. The van der Waals surface area contributed by atoms with Gasteiger partial charge in [0.2, 0.25) is 0 Å². The summed E-state index contributed by atoms with van der Waals surface area (Å²) in [5.74, 6) is -0.943. The summed E-state index contributed by atoms with van der Waals surface area (Å²) in [6.07, 6.45) is 0. The van der Waals surface area contributed by atoms with Gasteiger partial charge in [-0.05, 0) is 46.3 Å². The molecule has 0 aliphatic heterocycles. The van der Waals surface area contributed by atoms with Gasteiger partial charge >= 0.3 is 0 Å². The fourth-order valence-electron chi connectivity index (χ4n) is 1.38. The molecule has 6 heteroatoms. The molecule has 18 heavy (non-hydrogen) atoms. The molecule has 2 rings (SSSR count). The van der Waals surface area contributed by atoms with Gasteiger partial charge in [-0.3, -0.25) is 4.79 Å². The standard InChI is InChI=1S/C12H8Br2FNOS/c13-7-1-3-10(15)9(5-7)12(17)16-6-8-2-4-11(14)18-8/h1-5H,6H2,(H,16,17). The Bertz CT molecular complexity index is 585. The monoisotopic (exact) mass is 391 g/mol. The van der Waals surface area contributed by atoms with Crippen LogP contribution in [0.1, 0.15) is 15.2 Å². The molecule has 0 saturated heterocycles. The average molecular weight is 393 g/mol. The summed E-state index contributed by atoms with van der Waals surface area (Å²) in [7, 11) is 0. The number of carbonyl (C=O) groups is 1. The molecule has 1 N–H and O–H groups in total. The normalized spacial score (nSPS) is 10.4. The third-order valence-corrected chi connectivity index (χ3v) is 4.34. The first-order chi connectivity index (χ1) is 8.56. The van der Waals surface area contributed by atoms with Crippen molar-refractivity contribution < 1.29 is 9.18 Å². The van der Waals surface area contributed by atoms with Crippen LogP contribution < -0.4 is 5.32 Å². The Labute approximate surface area is 124 Å². The number of rotatable bonds is 3. The average Bonchev–Trinajstić information content (AvgIpc) is 2.75. The second-order valence-corrected chi connectivity index (χ2v) is 6.98. The maximum atomic E-state index is 13.5. The SMILES string of the molecule is O=C(NCc1ccc(Br)s1)c1cc(Br)ccc1F. The lowest BCUT2D eigenvalue weighted by Crippen LogP contribution is -2.23. The van der Waals surface area contributed by atoms with E-state index >= 15 is 0 Å². The molecule has 0 radical (unpaired) electrons. The molecule has 0 spiro atoms. The highest BCUT2D eigenvalue weighted by Crippen LogP contribution is 2.22. The zero-order valence-corrected chi connectivity index (χ0v) is 13.0.